The molecule has 1 unspecified atom stereocenters. The van der Waals surface area contributed by atoms with Crippen LogP contribution in [0.15, 0.2) is 33.6 Å². The Morgan fingerprint density at radius 3 is 2.71 bits per heavy atom. The van der Waals surface area contributed by atoms with Crippen LogP contribution < -0.4 is 5.32 Å². The molecule has 1 aliphatic rings. The number of benzene rings is 1. The molecule has 5 heteroatoms. The van der Waals surface area contributed by atoms with Gasteiger partial charge in [-0.05, 0) is 64.0 Å². The Kier molecular flexibility index (Phi) is 5.74. The molecule has 2 rings (SSSR count). The molecule has 0 radical (unpaired) electrons. The summed E-state index contributed by atoms with van der Waals surface area (Å²) in [6.45, 7) is 6.80. The molecule has 3 nitrogen and oxygen atoms in total. The second-order valence-electron chi connectivity index (χ2n) is 6.03. The topological polar surface area (TPSA) is 32.3 Å². The number of halogens is 1. The lowest BCUT2D eigenvalue weighted by Crippen LogP contribution is -2.42. The number of carbonyl (C=O) groups excluding carboxylic acids is 1. The van der Waals surface area contributed by atoms with E-state index in [1.165, 1.54) is 0 Å². The molecular formula is C16H23BrN2OS. The van der Waals surface area contributed by atoms with Crippen molar-refractivity contribution < 1.29 is 4.79 Å². The molecule has 1 N–H and O–H groups in total. The SMILES string of the molecule is CNCC1CCN(C(=O)C(C)(C)Sc2ccc(Br)cc2)C1. The van der Waals surface area contributed by atoms with Gasteiger partial charge in [-0.15, -0.1) is 11.8 Å². The van der Waals surface area contributed by atoms with E-state index in [-0.39, 0.29) is 5.91 Å². The first kappa shape index (κ1) is 16.8. The first-order chi connectivity index (χ1) is 9.92. The summed E-state index contributed by atoms with van der Waals surface area (Å²) in [6.07, 6.45) is 1.10. The van der Waals surface area contributed by atoms with Gasteiger partial charge in [-0.1, -0.05) is 15.9 Å². The zero-order valence-electron chi connectivity index (χ0n) is 12.9. The zero-order valence-corrected chi connectivity index (χ0v) is 15.3. The summed E-state index contributed by atoms with van der Waals surface area (Å²) >= 11 is 5.08. The molecular weight excluding hydrogens is 348 g/mol. The van der Waals surface area contributed by atoms with Crippen LogP contribution in [-0.4, -0.2) is 42.2 Å². The zero-order chi connectivity index (χ0) is 15.5. The molecule has 1 aliphatic heterocycles. The number of hydrogen-bond donors (Lipinski definition) is 1. The van der Waals surface area contributed by atoms with Crippen LogP contribution in [0, 0.1) is 5.92 Å². The number of carbonyl (C=O) groups is 1. The van der Waals surface area contributed by atoms with Gasteiger partial charge in [-0.2, -0.15) is 0 Å². The molecule has 0 bridgehead atoms. The molecule has 0 spiro atoms. The highest BCUT2D eigenvalue weighted by atomic mass is 79.9. The minimum atomic E-state index is -0.428. The number of hydrogen-bond acceptors (Lipinski definition) is 3. The largest absolute Gasteiger partial charge is 0.341 e. The number of amides is 1. The molecule has 1 amide bonds. The molecule has 0 aliphatic carbocycles. The van der Waals surface area contributed by atoms with Gasteiger partial charge in [0, 0.05) is 22.5 Å². The summed E-state index contributed by atoms with van der Waals surface area (Å²) in [6, 6.07) is 8.14. The van der Waals surface area contributed by atoms with Gasteiger partial charge in [0.15, 0.2) is 0 Å². The number of nitrogens with one attached hydrogen (secondary N) is 1. The number of likely N-dealkylation sites (tertiary alicyclic amines) is 1. The van der Waals surface area contributed by atoms with Crippen molar-refractivity contribution in [2.24, 2.45) is 5.92 Å². The van der Waals surface area contributed by atoms with E-state index in [2.05, 4.69) is 33.4 Å². The molecule has 1 saturated heterocycles. The molecule has 1 heterocycles. The fourth-order valence-electron chi connectivity index (χ4n) is 2.69. The number of nitrogens with zero attached hydrogens (tertiary/aromatic N) is 1. The highest BCUT2D eigenvalue weighted by Crippen LogP contribution is 2.35. The Morgan fingerprint density at radius 2 is 2.10 bits per heavy atom. The van der Waals surface area contributed by atoms with Crippen LogP contribution >= 0.6 is 27.7 Å². The summed E-state index contributed by atoms with van der Waals surface area (Å²) in [5.41, 5.74) is 0. The predicted octanol–water partition coefficient (Wildman–Crippen LogP) is 3.39. The fraction of sp³-hybridized carbons (Fsp3) is 0.562. The van der Waals surface area contributed by atoms with E-state index in [1.54, 1.807) is 11.8 Å². The lowest BCUT2D eigenvalue weighted by molar-refractivity contribution is -0.132. The Morgan fingerprint density at radius 1 is 1.43 bits per heavy atom. The van der Waals surface area contributed by atoms with E-state index in [9.17, 15) is 4.79 Å². The van der Waals surface area contributed by atoms with Gasteiger partial charge in [0.05, 0.1) is 4.75 Å². The summed E-state index contributed by atoms with van der Waals surface area (Å²) in [4.78, 5) is 15.9. The number of thioether (sulfide) groups is 1. The van der Waals surface area contributed by atoms with Crippen LogP contribution in [0.4, 0.5) is 0 Å². The van der Waals surface area contributed by atoms with Gasteiger partial charge < -0.3 is 10.2 Å². The van der Waals surface area contributed by atoms with Gasteiger partial charge >= 0.3 is 0 Å². The van der Waals surface area contributed by atoms with Crippen LogP contribution in [0.5, 0.6) is 0 Å². The van der Waals surface area contributed by atoms with Crippen LogP contribution in [0.1, 0.15) is 20.3 Å². The van der Waals surface area contributed by atoms with Gasteiger partial charge in [0.2, 0.25) is 5.91 Å². The van der Waals surface area contributed by atoms with Crippen molar-refractivity contribution in [3.63, 3.8) is 0 Å². The average Bonchev–Trinajstić information content (AvgIpc) is 2.89. The van der Waals surface area contributed by atoms with E-state index in [0.29, 0.717) is 5.92 Å². The van der Waals surface area contributed by atoms with Gasteiger partial charge in [0.25, 0.3) is 0 Å². The van der Waals surface area contributed by atoms with Gasteiger partial charge in [-0.3, -0.25) is 4.79 Å². The molecule has 1 aromatic carbocycles. The smallest absolute Gasteiger partial charge is 0.238 e. The molecule has 1 aromatic rings. The monoisotopic (exact) mass is 370 g/mol. The van der Waals surface area contributed by atoms with Gasteiger partial charge in [-0.25, -0.2) is 0 Å². The first-order valence-corrected chi connectivity index (χ1v) is 8.92. The molecule has 21 heavy (non-hydrogen) atoms. The Bertz CT molecular complexity index is 490. The lowest BCUT2D eigenvalue weighted by atomic mass is 10.1. The fourth-order valence-corrected chi connectivity index (χ4v) is 4.04. The normalized spacial score (nSPS) is 19.0. The van der Waals surface area contributed by atoms with Crippen LogP contribution in [-0.2, 0) is 4.79 Å². The summed E-state index contributed by atoms with van der Waals surface area (Å²) in [7, 11) is 1.97. The Balaban J connectivity index is 1.98. The second-order valence-corrected chi connectivity index (χ2v) is 8.64. The highest BCUT2D eigenvalue weighted by Gasteiger charge is 2.36. The van der Waals surface area contributed by atoms with E-state index in [4.69, 9.17) is 0 Å². The van der Waals surface area contributed by atoms with Crippen molar-refractivity contribution in [2.45, 2.75) is 29.9 Å². The molecule has 116 valence electrons. The summed E-state index contributed by atoms with van der Waals surface area (Å²) in [5.74, 6) is 0.835. The summed E-state index contributed by atoms with van der Waals surface area (Å²) < 4.78 is 0.632. The van der Waals surface area contributed by atoms with E-state index in [0.717, 1.165) is 35.4 Å². The van der Waals surface area contributed by atoms with E-state index < -0.39 is 4.75 Å². The maximum atomic E-state index is 12.8. The highest BCUT2D eigenvalue weighted by molar-refractivity contribution is 9.10. The van der Waals surface area contributed by atoms with Crippen molar-refractivity contribution in [2.75, 3.05) is 26.7 Å². The maximum absolute atomic E-state index is 12.8. The molecule has 0 aromatic heterocycles. The third kappa shape index (κ3) is 4.47. The van der Waals surface area contributed by atoms with Gasteiger partial charge in [0.1, 0.15) is 0 Å². The van der Waals surface area contributed by atoms with Crippen LogP contribution in [0.3, 0.4) is 0 Å². The van der Waals surface area contributed by atoms with Crippen LogP contribution in [0.25, 0.3) is 0 Å². The predicted molar refractivity (Wildman–Crippen MR) is 92.7 cm³/mol. The lowest BCUT2D eigenvalue weighted by Gasteiger charge is -2.29. The van der Waals surface area contributed by atoms with Crippen LogP contribution in [0.2, 0.25) is 0 Å². The molecule has 1 fully saturated rings. The second kappa shape index (κ2) is 7.16. The van der Waals surface area contributed by atoms with Crippen molar-refractivity contribution in [3.8, 4) is 0 Å². The standard InChI is InChI=1S/C16H23BrN2OS/c1-16(2,21-14-6-4-13(17)5-7-14)15(20)19-9-8-12(11-19)10-18-3/h4-7,12,18H,8-11H2,1-3H3. The third-order valence-electron chi connectivity index (χ3n) is 3.77. The van der Waals surface area contributed by atoms with Crippen molar-refractivity contribution in [1.29, 1.82) is 0 Å². The molecule has 0 saturated carbocycles. The van der Waals surface area contributed by atoms with Crippen molar-refractivity contribution >= 4 is 33.6 Å². The maximum Gasteiger partial charge on any atom is 0.238 e. The minimum Gasteiger partial charge on any atom is -0.341 e. The molecule has 1 atom stereocenters. The van der Waals surface area contributed by atoms with Crippen molar-refractivity contribution in [1.82, 2.24) is 10.2 Å². The minimum absolute atomic E-state index is 0.244. The van der Waals surface area contributed by atoms with E-state index in [1.807, 2.05) is 37.9 Å². The van der Waals surface area contributed by atoms with E-state index >= 15 is 0 Å². The Hall–Kier alpha value is -0.520. The van der Waals surface area contributed by atoms with Crippen molar-refractivity contribution in [3.05, 3.63) is 28.7 Å². The average molecular weight is 371 g/mol. The summed E-state index contributed by atoms with van der Waals surface area (Å²) in [5, 5.41) is 3.21. The number of rotatable bonds is 5. The quantitative estimate of drug-likeness (QED) is 0.806. The first-order valence-electron chi connectivity index (χ1n) is 7.31. The third-order valence-corrected chi connectivity index (χ3v) is 5.49. The Labute approximate surface area is 140 Å².